The van der Waals surface area contributed by atoms with Crippen LogP contribution in [0.5, 0.6) is 0 Å². The van der Waals surface area contributed by atoms with Crippen LogP contribution in [0.15, 0.2) is 24.3 Å². The average molecular weight is 275 g/mol. The van der Waals surface area contributed by atoms with Crippen LogP contribution in [0, 0.1) is 5.41 Å². The molecule has 20 heavy (non-hydrogen) atoms. The molecule has 0 aromatic heterocycles. The number of carbonyl (C=O) groups is 2. The van der Waals surface area contributed by atoms with E-state index >= 15 is 0 Å². The second kappa shape index (κ2) is 6.05. The van der Waals surface area contributed by atoms with Crippen LogP contribution in [0.25, 0.3) is 0 Å². The van der Waals surface area contributed by atoms with Crippen molar-refractivity contribution in [2.75, 3.05) is 11.9 Å². The van der Waals surface area contributed by atoms with Crippen LogP contribution in [-0.4, -0.2) is 18.4 Å². The van der Waals surface area contributed by atoms with Gasteiger partial charge in [0.25, 0.3) is 0 Å². The first-order valence-electron chi connectivity index (χ1n) is 6.99. The molecule has 5 heteroatoms. The predicted octanol–water partition coefficient (Wildman–Crippen LogP) is 1.63. The quantitative estimate of drug-likeness (QED) is 0.779. The molecule has 108 valence electrons. The molecule has 1 aromatic rings. The Hall–Kier alpha value is -1.88. The van der Waals surface area contributed by atoms with Crippen LogP contribution < -0.4 is 16.8 Å². The Balaban J connectivity index is 2.08. The van der Waals surface area contributed by atoms with E-state index in [1.165, 1.54) is 6.42 Å². The number of benzene rings is 1. The number of anilines is 1. The Morgan fingerprint density at radius 1 is 1.10 bits per heavy atom. The van der Waals surface area contributed by atoms with Gasteiger partial charge in [0.2, 0.25) is 11.8 Å². The lowest BCUT2D eigenvalue weighted by Crippen LogP contribution is -2.43. The van der Waals surface area contributed by atoms with Gasteiger partial charge in [-0.25, -0.2) is 0 Å². The summed E-state index contributed by atoms with van der Waals surface area (Å²) in [6.45, 7) is 0.373. The highest BCUT2D eigenvalue weighted by atomic mass is 16.2. The number of carbonyl (C=O) groups excluding carboxylic acids is 2. The molecule has 5 nitrogen and oxygen atoms in total. The fourth-order valence-corrected chi connectivity index (χ4v) is 2.73. The summed E-state index contributed by atoms with van der Waals surface area (Å²) >= 11 is 0. The number of amides is 2. The molecule has 0 radical (unpaired) electrons. The summed E-state index contributed by atoms with van der Waals surface area (Å²) in [6, 6.07) is 6.58. The molecule has 2 rings (SSSR count). The Kier molecular flexibility index (Phi) is 4.39. The number of nitrogens with one attached hydrogen (secondary N) is 1. The maximum absolute atomic E-state index is 12.5. The highest BCUT2D eigenvalue weighted by Gasteiger charge is 2.38. The van der Waals surface area contributed by atoms with Crippen LogP contribution in [0.4, 0.5) is 5.69 Å². The van der Waals surface area contributed by atoms with E-state index in [-0.39, 0.29) is 5.91 Å². The monoisotopic (exact) mass is 275 g/mol. The molecule has 2 amide bonds. The molecule has 1 aliphatic carbocycles. The van der Waals surface area contributed by atoms with Gasteiger partial charge in [0.05, 0.1) is 5.41 Å². The van der Waals surface area contributed by atoms with Gasteiger partial charge in [-0.1, -0.05) is 19.3 Å². The third-order valence-corrected chi connectivity index (χ3v) is 4.11. The molecule has 0 heterocycles. The standard InChI is InChI=1S/C15H21N3O2/c16-10-15(8-2-1-3-9-15)14(20)18-12-6-4-11(5-7-12)13(17)19/h4-7H,1-3,8-10,16H2,(H2,17,19)(H,18,20). The molecule has 0 saturated heterocycles. The van der Waals surface area contributed by atoms with E-state index in [2.05, 4.69) is 5.32 Å². The van der Waals surface area contributed by atoms with E-state index in [9.17, 15) is 9.59 Å². The third kappa shape index (κ3) is 2.99. The first-order chi connectivity index (χ1) is 9.57. The fraction of sp³-hybridized carbons (Fsp3) is 0.467. The molecular formula is C15H21N3O2. The van der Waals surface area contributed by atoms with Crippen molar-refractivity contribution >= 4 is 17.5 Å². The zero-order valence-electron chi connectivity index (χ0n) is 11.5. The summed E-state index contributed by atoms with van der Waals surface area (Å²) in [5, 5.41) is 2.90. The van der Waals surface area contributed by atoms with Gasteiger partial charge in [-0.2, -0.15) is 0 Å². The van der Waals surface area contributed by atoms with Crippen LogP contribution in [0.3, 0.4) is 0 Å². The second-order valence-corrected chi connectivity index (χ2v) is 5.44. The van der Waals surface area contributed by atoms with Crippen molar-refractivity contribution < 1.29 is 9.59 Å². The SMILES string of the molecule is NCC1(C(=O)Nc2ccc(C(N)=O)cc2)CCCCC1. The Bertz CT molecular complexity index is 490. The normalized spacial score (nSPS) is 17.4. The molecule has 1 saturated carbocycles. The molecule has 0 unspecified atom stereocenters. The van der Waals surface area contributed by atoms with E-state index in [1.807, 2.05) is 0 Å². The van der Waals surface area contributed by atoms with E-state index in [1.54, 1.807) is 24.3 Å². The predicted molar refractivity (Wildman–Crippen MR) is 78.2 cm³/mol. The maximum Gasteiger partial charge on any atom is 0.248 e. The minimum absolute atomic E-state index is 0.0217. The lowest BCUT2D eigenvalue weighted by Gasteiger charge is -2.34. The number of rotatable bonds is 4. The zero-order chi connectivity index (χ0) is 14.6. The summed E-state index contributed by atoms with van der Waals surface area (Å²) in [5.74, 6) is -0.500. The van der Waals surface area contributed by atoms with E-state index in [4.69, 9.17) is 11.5 Å². The molecule has 1 aromatic carbocycles. The first kappa shape index (κ1) is 14.5. The molecule has 0 aliphatic heterocycles. The minimum Gasteiger partial charge on any atom is -0.366 e. The Morgan fingerprint density at radius 3 is 2.20 bits per heavy atom. The largest absolute Gasteiger partial charge is 0.366 e. The van der Waals surface area contributed by atoms with Crippen molar-refractivity contribution in [2.24, 2.45) is 16.9 Å². The van der Waals surface area contributed by atoms with Crippen LogP contribution in [0.2, 0.25) is 0 Å². The lowest BCUT2D eigenvalue weighted by molar-refractivity contribution is -0.126. The van der Waals surface area contributed by atoms with Crippen LogP contribution in [0.1, 0.15) is 42.5 Å². The number of nitrogens with two attached hydrogens (primary N) is 2. The Morgan fingerprint density at radius 2 is 1.70 bits per heavy atom. The molecular weight excluding hydrogens is 254 g/mol. The van der Waals surface area contributed by atoms with Gasteiger partial charge in [0.15, 0.2) is 0 Å². The lowest BCUT2D eigenvalue weighted by atomic mass is 9.73. The summed E-state index contributed by atoms with van der Waals surface area (Å²) in [5.41, 5.74) is 11.7. The molecule has 1 aliphatic rings. The topological polar surface area (TPSA) is 98.2 Å². The van der Waals surface area contributed by atoms with Crippen molar-refractivity contribution in [3.63, 3.8) is 0 Å². The van der Waals surface area contributed by atoms with Gasteiger partial charge in [-0.15, -0.1) is 0 Å². The van der Waals surface area contributed by atoms with Crippen LogP contribution in [-0.2, 0) is 4.79 Å². The van der Waals surface area contributed by atoms with Gasteiger partial charge in [0, 0.05) is 17.8 Å². The molecule has 0 bridgehead atoms. The van der Waals surface area contributed by atoms with E-state index in [0.29, 0.717) is 17.8 Å². The fourth-order valence-electron chi connectivity index (χ4n) is 2.73. The zero-order valence-corrected chi connectivity index (χ0v) is 11.5. The van der Waals surface area contributed by atoms with Gasteiger partial charge in [-0.05, 0) is 37.1 Å². The van der Waals surface area contributed by atoms with Crippen LogP contribution >= 0.6 is 0 Å². The summed E-state index contributed by atoms with van der Waals surface area (Å²) in [6.07, 6.45) is 4.95. The number of hydrogen-bond donors (Lipinski definition) is 3. The van der Waals surface area contributed by atoms with Crippen molar-refractivity contribution in [3.8, 4) is 0 Å². The van der Waals surface area contributed by atoms with Gasteiger partial charge in [0.1, 0.15) is 0 Å². The molecule has 0 spiro atoms. The van der Waals surface area contributed by atoms with E-state index in [0.717, 1.165) is 25.7 Å². The highest BCUT2D eigenvalue weighted by Crippen LogP contribution is 2.36. The smallest absolute Gasteiger partial charge is 0.248 e. The summed E-state index contributed by atoms with van der Waals surface area (Å²) in [4.78, 5) is 23.5. The Labute approximate surface area is 118 Å². The molecule has 0 atom stereocenters. The van der Waals surface area contributed by atoms with Crippen molar-refractivity contribution in [2.45, 2.75) is 32.1 Å². The maximum atomic E-state index is 12.5. The van der Waals surface area contributed by atoms with Gasteiger partial charge >= 0.3 is 0 Å². The van der Waals surface area contributed by atoms with E-state index < -0.39 is 11.3 Å². The summed E-state index contributed by atoms with van der Waals surface area (Å²) < 4.78 is 0. The molecule has 1 fully saturated rings. The minimum atomic E-state index is -0.478. The van der Waals surface area contributed by atoms with Crippen molar-refractivity contribution in [3.05, 3.63) is 29.8 Å². The van der Waals surface area contributed by atoms with Gasteiger partial charge in [-0.3, -0.25) is 9.59 Å². The first-order valence-corrected chi connectivity index (χ1v) is 6.99. The molecule has 5 N–H and O–H groups in total. The summed E-state index contributed by atoms with van der Waals surface area (Å²) in [7, 11) is 0. The average Bonchev–Trinajstić information content (AvgIpc) is 2.48. The van der Waals surface area contributed by atoms with Crippen molar-refractivity contribution in [1.82, 2.24) is 0 Å². The van der Waals surface area contributed by atoms with Gasteiger partial charge < -0.3 is 16.8 Å². The van der Waals surface area contributed by atoms with Crippen molar-refractivity contribution in [1.29, 1.82) is 0 Å². The third-order valence-electron chi connectivity index (χ3n) is 4.11. The number of primary amides is 1. The number of hydrogen-bond acceptors (Lipinski definition) is 3. The second-order valence-electron chi connectivity index (χ2n) is 5.44. The highest BCUT2D eigenvalue weighted by molar-refractivity contribution is 5.97.